The molecule has 0 saturated heterocycles. The fourth-order valence-electron chi connectivity index (χ4n) is 3.34. The van der Waals surface area contributed by atoms with E-state index in [1.165, 1.54) is 12.1 Å². The molecule has 3 rings (SSSR count). The quantitative estimate of drug-likeness (QED) is 0.800. The van der Waals surface area contributed by atoms with Gasteiger partial charge in [0.2, 0.25) is 5.91 Å². The third-order valence-electron chi connectivity index (χ3n) is 4.62. The minimum atomic E-state index is -0.611. The van der Waals surface area contributed by atoms with Crippen LogP contribution in [0, 0.1) is 5.82 Å². The van der Waals surface area contributed by atoms with Crippen LogP contribution in [0.1, 0.15) is 31.2 Å². The molecule has 1 aliphatic rings. The maximum atomic E-state index is 13.6. The van der Waals surface area contributed by atoms with E-state index in [0.29, 0.717) is 0 Å². The SMILES string of the molecule is CSc1ccc(NC(=O)C2(c3cccc(F)c3)CCCC2)cc1. The molecule has 0 bridgehead atoms. The van der Waals surface area contributed by atoms with Crippen LogP contribution in [-0.4, -0.2) is 12.2 Å². The van der Waals surface area contributed by atoms with Gasteiger partial charge in [-0.15, -0.1) is 11.8 Å². The number of thioether (sulfide) groups is 1. The Morgan fingerprint density at radius 1 is 1.13 bits per heavy atom. The number of rotatable bonds is 4. The molecule has 0 unspecified atom stereocenters. The average molecular weight is 329 g/mol. The highest BCUT2D eigenvalue weighted by atomic mass is 32.2. The van der Waals surface area contributed by atoms with E-state index in [1.807, 2.05) is 36.6 Å². The monoisotopic (exact) mass is 329 g/mol. The second-order valence-corrected chi connectivity index (χ2v) is 6.86. The summed E-state index contributed by atoms with van der Waals surface area (Å²) in [5, 5.41) is 3.02. The summed E-state index contributed by atoms with van der Waals surface area (Å²) >= 11 is 1.67. The number of anilines is 1. The molecule has 0 heterocycles. The number of halogens is 1. The number of carbonyl (C=O) groups is 1. The summed E-state index contributed by atoms with van der Waals surface area (Å²) in [7, 11) is 0. The highest BCUT2D eigenvalue weighted by molar-refractivity contribution is 7.98. The molecule has 0 spiro atoms. The molecular formula is C19H20FNOS. The maximum Gasteiger partial charge on any atom is 0.235 e. The molecule has 0 aromatic heterocycles. The second-order valence-electron chi connectivity index (χ2n) is 5.98. The second kappa shape index (κ2) is 6.75. The Morgan fingerprint density at radius 2 is 1.83 bits per heavy atom. The predicted octanol–water partition coefficient (Wildman–Crippen LogP) is 5.00. The van der Waals surface area contributed by atoms with E-state index >= 15 is 0 Å². The van der Waals surface area contributed by atoms with Gasteiger partial charge in [-0.3, -0.25) is 4.79 Å². The number of carbonyl (C=O) groups excluding carboxylic acids is 1. The highest BCUT2D eigenvalue weighted by Gasteiger charge is 2.42. The van der Waals surface area contributed by atoms with E-state index in [-0.39, 0.29) is 11.7 Å². The largest absolute Gasteiger partial charge is 0.325 e. The normalized spacial score (nSPS) is 16.3. The van der Waals surface area contributed by atoms with Gasteiger partial charge < -0.3 is 5.32 Å². The third-order valence-corrected chi connectivity index (χ3v) is 5.36. The lowest BCUT2D eigenvalue weighted by Crippen LogP contribution is -2.38. The number of nitrogens with one attached hydrogen (secondary N) is 1. The standard InChI is InChI=1S/C19H20FNOS/c1-23-17-9-7-16(8-10-17)21-18(22)19(11-2-3-12-19)14-5-4-6-15(20)13-14/h4-10,13H,2-3,11-12H2,1H3,(H,21,22). The molecule has 4 heteroatoms. The van der Waals surface area contributed by atoms with E-state index in [2.05, 4.69) is 5.32 Å². The molecule has 120 valence electrons. The third kappa shape index (κ3) is 3.27. The van der Waals surface area contributed by atoms with Crippen LogP contribution in [0.15, 0.2) is 53.4 Å². The number of hydrogen-bond acceptors (Lipinski definition) is 2. The van der Waals surface area contributed by atoms with Gasteiger partial charge in [-0.25, -0.2) is 4.39 Å². The van der Waals surface area contributed by atoms with E-state index in [4.69, 9.17) is 0 Å². The van der Waals surface area contributed by atoms with Crippen LogP contribution in [0.25, 0.3) is 0 Å². The molecule has 1 fully saturated rings. The highest BCUT2D eigenvalue weighted by Crippen LogP contribution is 2.42. The van der Waals surface area contributed by atoms with Gasteiger partial charge >= 0.3 is 0 Å². The van der Waals surface area contributed by atoms with Crippen LogP contribution in [0.3, 0.4) is 0 Å². The van der Waals surface area contributed by atoms with Crippen LogP contribution in [-0.2, 0) is 10.2 Å². The van der Waals surface area contributed by atoms with Gasteiger partial charge in [-0.2, -0.15) is 0 Å². The molecule has 1 N–H and O–H groups in total. The Balaban J connectivity index is 1.87. The summed E-state index contributed by atoms with van der Waals surface area (Å²) < 4.78 is 13.6. The molecule has 0 radical (unpaired) electrons. The molecule has 0 atom stereocenters. The van der Waals surface area contributed by atoms with Crippen molar-refractivity contribution in [1.82, 2.24) is 0 Å². The molecule has 23 heavy (non-hydrogen) atoms. The van der Waals surface area contributed by atoms with Crippen molar-refractivity contribution in [2.45, 2.75) is 36.0 Å². The van der Waals surface area contributed by atoms with Gasteiger partial charge in [0.25, 0.3) is 0 Å². The van der Waals surface area contributed by atoms with Crippen molar-refractivity contribution < 1.29 is 9.18 Å². The summed E-state index contributed by atoms with van der Waals surface area (Å²) in [6, 6.07) is 14.3. The van der Waals surface area contributed by atoms with Crippen molar-refractivity contribution in [1.29, 1.82) is 0 Å². The predicted molar refractivity (Wildman–Crippen MR) is 93.4 cm³/mol. The van der Waals surface area contributed by atoms with Gasteiger partial charge in [-0.05, 0) is 61.1 Å². The number of hydrogen-bond donors (Lipinski definition) is 1. The summed E-state index contributed by atoms with van der Waals surface area (Å²) in [5.74, 6) is -0.316. The number of amides is 1. The summed E-state index contributed by atoms with van der Waals surface area (Å²) in [5.41, 5.74) is 0.962. The molecular weight excluding hydrogens is 309 g/mol. The fourth-order valence-corrected chi connectivity index (χ4v) is 3.74. The molecule has 1 amide bonds. The van der Waals surface area contributed by atoms with Crippen LogP contribution < -0.4 is 5.32 Å². The Hall–Kier alpha value is -1.81. The first-order valence-electron chi connectivity index (χ1n) is 7.86. The van der Waals surface area contributed by atoms with E-state index < -0.39 is 5.41 Å². The van der Waals surface area contributed by atoms with Crippen LogP contribution in [0.5, 0.6) is 0 Å². The van der Waals surface area contributed by atoms with Crippen molar-refractivity contribution in [3.8, 4) is 0 Å². The Kier molecular flexibility index (Phi) is 4.71. The van der Waals surface area contributed by atoms with E-state index in [1.54, 1.807) is 17.8 Å². The lowest BCUT2D eigenvalue weighted by Gasteiger charge is -2.28. The molecule has 1 saturated carbocycles. The van der Waals surface area contributed by atoms with Crippen molar-refractivity contribution in [3.63, 3.8) is 0 Å². The molecule has 2 nitrogen and oxygen atoms in total. The van der Waals surface area contributed by atoms with Gasteiger partial charge in [-0.1, -0.05) is 25.0 Å². The van der Waals surface area contributed by atoms with Gasteiger partial charge in [0.1, 0.15) is 5.82 Å². The lowest BCUT2D eigenvalue weighted by atomic mass is 9.78. The summed E-state index contributed by atoms with van der Waals surface area (Å²) in [4.78, 5) is 14.1. The van der Waals surface area contributed by atoms with Crippen LogP contribution >= 0.6 is 11.8 Å². The number of benzene rings is 2. The molecule has 2 aromatic rings. The van der Waals surface area contributed by atoms with Crippen LogP contribution in [0.4, 0.5) is 10.1 Å². The first-order chi connectivity index (χ1) is 11.1. The van der Waals surface area contributed by atoms with E-state index in [0.717, 1.165) is 41.8 Å². The minimum Gasteiger partial charge on any atom is -0.325 e. The van der Waals surface area contributed by atoms with Gasteiger partial charge in [0.15, 0.2) is 0 Å². The minimum absolute atomic E-state index is 0.0301. The Bertz CT molecular complexity index is 693. The first kappa shape index (κ1) is 16.1. The molecule has 1 aliphatic carbocycles. The summed E-state index contributed by atoms with van der Waals surface area (Å²) in [6.45, 7) is 0. The summed E-state index contributed by atoms with van der Waals surface area (Å²) in [6.07, 6.45) is 5.55. The first-order valence-corrected chi connectivity index (χ1v) is 9.08. The zero-order valence-corrected chi connectivity index (χ0v) is 14.0. The Labute approximate surface area is 140 Å². The van der Waals surface area contributed by atoms with Crippen molar-refractivity contribution in [2.75, 3.05) is 11.6 Å². The van der Waals surface area contributed by atoms with Gasteiger partial charge in [0, 0.05) is 10.6 Å². The fraction of sp³-hybridized carbons (Fsp3) is 0.316. The zero-order valence-electron chi connectivity index (χ0n) is 13.1. The zero-order chi connectivity index (χ0) is 16.3. The maximum absolute atomic E-state index is 13.6. The molecule has 0 aliphatic heterocycles. The smallest absolute Gasteiger partial charge is 0.235 e. The van der Waals surface area contributed by atoms with Crippen molar-refractivity contribution in [2.24, 2.45) is 0 Å². The van der Waals surface area contributed by atoms with E-state index in [9.17, 15) is 9.18 Å². The van der Waals surface area contributed by atoms with Gasteiger partial charge in [0.05, 0.1) is 5.41 Å². The average Bonchev–Trinajstić information content (AvgIpc) is 3.06. The lowest BCUT2D eigenvalue weighted by molar-refractivity contribution is -0.121. The molecule has 2 aromatic carbocycles. The van der Waals surface area contributed by atoms with Crippen LogP contribution in [0.2, 0.25) is 0 Å². The van der Waals surface area contributed by atoms with Crippen molar-refractivity contribution in [3.05, 3.63) is 59.9 Å². The Morgan fingerprint density at radius 3 is 2.43 bits per heavy atom. The van der Waals surface area contributed by atoms with Crippen molar-refractivity contribution >= 4 is 23.4 Å². The topological polar surface area (TPSA) is 29.1 Å².